The highest BCUT2D eigenvalue weighted by atomic mass is 35.5. The highest BCUT2D eigenvalue weighted by Gasteiger charge is 2.31. The van der Waals surface area contributed by atoms with Crippen molar-refractivity contribution in [2.75, 3.05) is 4.72 Å². The van der Waals surface area contributed by atoms with Crippen LogP contribution in [0.15, 0.2) is 71.9 Å². The number of carbonyl (C=O) groups is 2. The van der Waals surface area contributed by atoms with Crippen LogP contribution in [0.1, 0.15) is 26.3 Å². The first-order valence-electron chi connectivity index (χ1n) is 8.98. The van der Waals surface area contributed by atoms with Gasteiger partial charge in [-0.25, -0.2) is 8.42 Å². The molecule has 1 aromatic heterocycles. The van der Waals surface area contributed by atoms with Gasteiger partial charge in [-0.1, -0.05) is 17.7 Å². The average molecular weight is 499 g/mol. The van der Waals surface area contributed by atoms with Crippen molar-refractivity contribution < 1.29 is 31.2 Å². The van der Waals surface area contributed by atoms with Crippen molar-refractivity contribution >= 4 is 39.1 Å². The molecular weight excluding hydrogens is 485 g/mol. The van der Waals surface area contributed by atoms with Gasteiger partial charge in [0.2, 0.25) is 0 Å². The lowest BCUT2D eigenvalue weighted by Gasteiger charge is -2.13. The minimum atomic E-state index is -4.70. The van der Waals surface area contributed by atoms with E-state index in [1.165, 1.54) is 36.7 Å². The summed E-state index contributed by atoms with van der Waals surface area (Å²) < 4.78 is 66.2. The van der Waals surface area contributed by atoms with Crippen molar-refractivity contribution in [3.05, 3.63) is 88.7 Å². The van der Waals surface area contributed by atoms with Gasteiger partial charge in [0.1, 0.15) is 0 Å². The van der Waals surface area contributed by atoms with Crippen LogP contribution in [0.4, 0.5) is 18.9 Å². The van der Waals surface area contributed by atoms with Crippen LogP contribution in [0.25, 0.3) is 0 Å². The number of pyridine rings is 1. The molecule has 0 unspecified atom stereocenters. The van der Waals surface area contributed by atoms with Crippen LogP contribution in [0.2, 0.25) is 5.02 Å². The van der Waals surface area contributed by atoms with Gasteiger partial charge in [0, 0.05) is 23.5 Å². The van der Waals surface area contributed by atoms with Gasteiger partial charge in [-0.05, 0) is 48.5 Å². The van der Waals surface area contributed by atoms with Gasteiger partial charge in [0.05, 0.1) is 21.2 Å². The van der Waals surface area contributed by atoms with Gasteiger partial charge in [-0.15, -0.1) is 0 Å². The number of benzene rings is 2. The van der Waals surface area contributed by atoms with Crippen LogP contribution in [-0.2, 0) is 16.2 Å². The fourth-order valence-corrected chi connectivity index (χ4v) is 3.89. The quantitative estimate of drug-likeness (QED) is 0.464. The van der Waals surface area contributed by atoms with Gasteiger partial charge < -0.3 is 0 Å². The molecule has 0 aliphatic carbocycles. The van der Waals surface area contributed by atoms with Gasteiger partial charge in [0.25, 0.3) is 21.8 Å². The summed E-state index contributed by atoms with van der Waals surface area (Å²) in [6.45, 7) is 0. The smallest absolute Gasteiger partial charge is 0.278 e. The molecule has 0 aliphatic rings. The molecule has 13 heteroatoms. The predicted molar refractivity (Wildman–Crippen MR) is 113 cm³/mol. The second-order valence-corrected chi connectivity index (χ2v) is 8.56. The molecule has 0 spiro atoms. The second-order valence-electron chi connectivity index (χ2n) is 6.47. The molecule has 172 valence electrons. The number of nitrogens with one attached hydrogen (secondary N) is 3. The van der Waals surface area contributed by atoms with E-state index in [1.807, 2.05) is 4.72 Å². The Balaban J connectivity index is 1.77. The van der Waals surface area contributed by atoms with Crippen LogP contribution in [-0.4, -0.2) is 25.2 Å². The fraction of sp³-hybridized carbons (Fsp3) is 0.0500. The van der Waals surface area contributed by atoms with E-state index >= 15 is 0 Å². The number of rotatable bonds is 5. The fourth-order valence-electron chi connectivity index (χ4n) is 2.55. The zero-order valence-corrected chi connectivity index (χ0v) is 17.9. The summed E-state index contributed by atoms with van der Waals surface area (Å²) in [7, 11) is -4.40. The maximum atomic E-state index is 12.9. The normalized spacial score (nSPS) is 11.5. The van der Waals surface area contributed by atoms with Crippen LogP contribution >= 0.6 is 11.6 Å². The molecule has 3 aromatic rings. The maximum absolute atomic E-state index is 12.9. The van der Waals surface area contributed by atoms with E-state index in [-0.39, 0.29) is 16.1 Å². The molecule has 0 fully saturated rings. The molecule has 0 atom stereocenters. The molecule has 0 saturated carbocycles. The lowest BCUT2D eigenvalue weighted by Crippen LogP contribution is -2.41. The number of alkyl halides is 3. The molecule has 3 N–H and O–H groups in total. The lowest BCUT2D eigenvalue weighted by atomic mass is 10.2. The summed E-state index contributed by atoms with van der Waals surface area (Å²) in [6.07, 6.45) is -1.94. The molecule has 33 heavy (non-hydrogen) atoms. The first-order chi connectivity index (χ1) is 15.5. The van der Waals surface area contributed by atoms with E-state index in [2.05, 4.69) is 15.8 Å². The van der Waals surface area contributed by atoms with Crippen molar-refractivity contribution in [1.29, 1.82) is 0 Å². The molecule has 0 aliphatic heterocycles. The first-order valence-corrected chi connectivity index (χ1v) is 10.8. The molecule has 2 aromatic carbocycles. The SMILES string of the molecule is O=C(NNC(=O)c1cccc(S(=O)(=O)Nc2cc(C(F)(F)F)ccc2Cl)c1)c1ccncc1. The summed E-state index contributed by atoms with van der Waals surface area (Å²) in [4.78, 5) is 27.7. The molecule has 0 bridgehead atoms. The second kappa shape index (κ2) is 9.46. The van der Waals surface area contributed by atoms with Gasteiger partial charge in [-0.3, -0.25) is 30.1 Å². The van der Waals surface area contributed by atoms with Gasteiger partial charge >= 0.3 is 6.18 Å². The van der Waals surface area contributed by atoms with Crippen molar-refractivity contribution in [2.45, 2.75) is 11.1 Å². The van der Waals surface area contributed by atoms with Crippen LogP contribution in [0.3, 0.4) is 0 Å². The maximum Gasteiger partial charge on any atom is 0.416 e. The van der Waals surface area contributed by atoms with E-state index in [4.69, 9.17) is 11.6 Å². The lowest BCUT2D eigenvalue weighted by molar-refractivity contribution is -0.137. The van der Waals surface area contributed by atoms with Crippen LogP contribution in [0.5, 0.6) is 0 Å². The van der Waals surface area contributed by atoms with Gasteiger partial charge in [0.15, 0.2) is 0 Å². The third kappa shape index (κ3) is 5.99. The number of hydrazine groups is 1. The van der Waals surface area contributed by atoms with Crippen molar-refractivity contribution in [3.63, 3.8) is 0 Å². The number of amides is 2. The Bertz CT molecular complexity index is 1300. The Kier molecular flexibility index (Phi) is 6.89. The van der Waals surface area contributed by atoms with Crippen molar-refractivity contribution in [3.8, 4) is 0 Å². The third-order valence-corrected chi connectivity index (χ3v) is 5.87. The Morgan fingerprint density at radius 3 is 2.15 bits per heavy atom. The highest BCUT2D eigenvalue weighted by molar-refractivity contribution is 7.92. The Morgan fingerprint density at radius 2 is 1.52 bits per heavy atom. The zero-order chi connectivity index (χ0) is 24.2. The number of aromatic nitrogens is 1. The minimum Gasteiger partial charge on any atom is -0.278 e. The number of halogens is 4. The Morgan fingerprint density at radius 1 is 0.879 bits per heavy atom. The zero-order valence-electron chi connectivity index (χ0n) is 16.4. The standard InChI is InChI=1S/C20H14ClF3N4O4S/c21-16-5-4-14(20(22,23)24)11-17(16)28-33(31,32)15-3-1-2-13(10-15)19(30)27-26-18(29)12-6-8-25-9-7-12/h1-11,28H,(H,26,29)(H,27,30). The molecule has 8 nitrogen and oxygen atoms in total. The van der Waals surface area contributed by atoms with E-state index in [0.29, 0.717) is 12.1 Å². The van der Waals surface area contributed by atoms with E-state index in [1.54, 1.807) is 0 Å². The van der Waals surface area contributed by atoms with Crippen LogP contribution < -0.4 is 15.6 Å². The minimum absolute atomic E-state index is 0.136. The average Bonchev–Trinajstić information content (AvgIpc) is 2.78. The highest BCUT2D eigenvalue weighted by Crippen LogP contribution is 2.34. The Labute approximate surface area is 190 Å². The summed E-state index contributed by atoms with van der Waals surface area (Å²) >= 11 is 5.84. The number of sulfonamides is 1. The number of hydrogen-bond donors (Lipinski definition) is 3. The topological polar surface area (TPSA) is 117 Å². The van der Waals surface area contributed by atoms with E-state index in [9.17, 15) is 31.2 Å². The number of carbonyl (C=O) groups excluding carboxylic acids is 2. The molecule has 1 heterocycles. The summed E-state index contributed by atoms with van der Waals surface area (Å²) in [6, 6.07) is 9.67. The number of nitrogens with zero attached hydrogens (tertiary/aromatic N) is 1. The van der Waals surface area contributed by atoms with Crippen molar-refractivity contribution in [1.82, 2.24) is 15.8 Å². The Hall–Kier alpha value is -3.64. The monoisotopic (exact) mass is 498 g/mol. The molecule has 0 radical (unpaired) electrons. The molecule has 0 saturated heterocycles. The molecule has 2 amide bonds. The van der Waals surface area contributed by atoms with E-state index in [0.717, 1.165) is 18.2 Å². The number of hydrogen-bond acceptors (Lipinski definition) is 5. The third-order valence-electron chi connectivity index (χ3n) is 4.18. The number of anilines is 1. The summed E-state index contributed by atoms with van der Waals surface area (Å²) in [5, 5.41) is -0.251. The summed E-state index contributed by atoms with van der Waals surface area (Å²) in [5.74, 6) is -1.46. The van der Waals surface area contributed by atoms with Crippen molar-refractivity contribution in [2.24, 2.45) is 0 Å². The largest absolute Gasteiger partial charge is 0.416 e. The van der Waals surface area contributed by atoms with Gasteiger partial charge in [-0.2, -0.15) is 13.2 Å². The molecular formula is C20H14ClF3N4O4S. The predicted octanol–water partition coefficient (Wildman–Crippen LogP) is 3.63. The summed E-state index contributed by atoms with van der Waals surface area (Å²) in [5.41, 5.74) is 2.82. The first kappa shape index (κ1) is 24.0. The van der Waals surface area contributed by atoms with E-state index < -0.39 is 44.2 Å². The molecule has 3 rings (SSSR count). The van der Waals surface area contributed by atoms with Crippen LogP contribution in [0, 0.1) is 0 Å².